The number of benzene rings is 2. The van der Waals surface area contributed by atoms with Crippen LogP contribution in [-0.4, -0.2) is 7.11 Å². The van der Waals surface area contributed by atoms with E-state index in [2.05, 4.69) is 12.1 Å². The van der Waals surface area contributed by atoms with E-state index in [0.717, 1.165) is 32.7 Å². The molecule has 0 aliphatic heterocycles. The molecule has 2 aromatic rings. The van der Waals surface area contributed by atoms with E-state index in [4.69, 9.17) is 22.1 Å². The van der Waals surface area contributed by atoms with E-state index < -0.39 is 0 Å². The van der Waals surface area contributed by atoms with Crippen LogP contribution in [0, 0.1) is 6.92 Å². The molecule has 0 spiro atoms. The average molecular weight is 294 g/mol. The van der Waals surface area contributed by atoms with Crippen LogP contribution in [0.1, 0.15) is 11.1 Å². The lowest BCUT2D eigenvalue weighted by atomic mass is 10.2. The molecule has 0 fully saturated rings. The molecule has 0 saturated carbocycles. The van der Waals surface area contributed by atoms with E-state index in [1.54, 1.807) is 18.9 Å². The van der Waals surface area contributed by atoms with Gasteiger partial charge in [0, 0.05) is 21.4 Å². The van der Waals surface area contributed by atoms with Gasteiger partial charge in [0.2, 0.25) is 0 Å². The molecule has 0 bridgehead atoms. The molecule has 0 aromatic heterocycles. The fourth-order valence-corrected chi connectivity index (χ4v) is 3.07. The van der Waals surface area contributed by atoms with E-state index in [1.807, 2.05) is 31.2 Å². The molecule has 0 aliphatic rings. The van der Waals surface area contributed by atoms with Gasteiger partial charge in [-0.05, 0) is 42.3 Å². The van der Waals surface area contributed by atoms with Gasteiger partial charge in [0.05, 0.1) is 7.11 Å². The average Bonchev–Trinajstić information content (AvgIpc) is 2.39. The van der Waals surface area contributed by atoms with Gasteiger partial charge >= 0.3 is 0 Å². The lowest BCUT2D eigenvalue weighted by Crippen LogP contribution is -1.91. The minimum Gasteiger partial charge on any atom is -0.497 e. The maximum atomic E-state index is 6.22. The lowest BCUT2D eigenvalue weighted by Gasteiger charge is -2.09. The highest BCUT2D eigenvalue weighted by atomic mass is 35.5. The molecule has 0 radical (unpaired) electrons. The highest BCUT2D eigenvalue weighted by Crippen LogP contribution is 2.33. The van der Waals surface area contributed by atoms with E-state index in [9.17, 15) is 0 Å². The van der Waals surface area contributed by atoms with Crippen molar-refractivity contribution in [3.05, 3.63) is 52.5 Å². The first-order valence-electron chi connectivity index (χ1n) is 5.91. The highest BCUT2D eigenvalue weighted by Gasteiger charge is 2.05. The van der Waals surface area contributed by atoms with Crippen LogP contribution in [0.4, 0.5) is 5.69 Å². The van der Waals surface area contributed by atoms with Gasteiger partial charge in [-0.2, -0.15) is 0 Å². The molecule has 19 heavy (non-hydrogen) atoms. The Kier molecular flexibility index (Phi) is 4.61. The minimum absolute atomic E-state index is 0.758. The maximum absolute atomic E-state index is 6.22. The van der Waals surface area contributed by atoms with Gasteiger partial charge in [-0.1, -0.05) is 23.7 Å². The summed E-state index contributed by atoms with van der Waals surface area (Å²) in [5.74, 6) is 1.60. The number of thioether (sulfide) groups is 1. The molecular formula is C15H16ClNOS. The SMILES string of the molecule is COc1ccc(N)c(SCc2ccc(C)cc2Cl)c1. The summed E-state index contributed by atoms with van der Waals surface area (Å²) >= 11 is 7.89. The lowest BCUT2D eigenvalue weighted by molar-refractivity contribution is 0.414. The Hall–Kier alpha value is -1.32. The number of nitrogen functional groups attached to an aromatic ring is 1. The number of hydrogen-bond donors (Lipinski definition) is 1. The molecule has 2 nitrogen and oxygen atoms in total. The quantitative estimate of drug-likeness (QED) is 0.664. The van der Waals surface area contributed by atoms with Gasteiger partial charge in [0.25, 0.3) is 0 Å². The van der Waals surface area contributed by atoms with Crippen molar-refractivity contribution >= 4 is 29.1 Å². The zero-order valence-corrected chi connectivity index (χ0v) is 12.5. The molecule has 0 saturated heterocycles. The van der Waals surface area contributed by atoms with Crippen molar-refractivity contribution in [2.45, 2.75) is 17.6 Å². The summed E-state index contributed by atoms with van der Waals surface area (Å²) < 4.78 is 5.21. The van der Waals surface area contributed by atoms with Gasteiger partial charge in [-0.15, -0.1) is 11.8 Å². The topological polar surface area (TPSA) is 35.2 Å². The number of halogens is 1. The Labute approximate surface area is 122 Å². The predicted octanol–water partition coefficient (Wildman–Crippen LogP) is 4.53. The summed E-state index contributed by atoms with van der Waals surface area (Å²) in [5.41, 5.74) is 9.00. The highest BCUT2D eigenvalue weighted by molar-refractivity contribution is 7.98. The first kappa shape index (κ1) is 14.1. The van der Waals surface area contributed by atoms with Crippen molar-refractivity contribution < 1.29 is 4.74 Å². The van der Waals surface area contributed by atoms with Gasteiger partial charge in [-0.3, -0.25) is 0 Å². The van der Waals surface area contributed by atoms with Crippen LogP contribution in [0.15, 0.2) is 41.3 Å². The van der Waals surface area contributed by atoms with Crippen molar-refractivity contribution in [2.24, 2.45) is 0 Å². The summed E-state index contributed by atoms with van der Waals surface area (Å²) in [6.07, 6.45) is 0. The summed E-state index contributed by atoms with van der Waals surface area (Å²) in [6, 6.07) is 11.8. The Bertz CT molecular complexity index is 586. The van der Waals surface area contributed by atoms with Crippen LogP contribution in [0.5, 0.6) is 5.75 Å². The van der Waals surface area contributed by atoms with Crippen LogP contribution in [-0.2, 0) is 5.75 Å². The van der Waals surface area contributed by atoms with Crippen LogP contribution >= 0.6 is 23.4 Å². The fraction of sp³-hybridized carbons (Fsp3) is 0.200. The standard InChI is InChI=1S/C15H16ClNOS/c1-10-3-4-11(13(16)7-10)9-19-15-8-12(18-2)5-6-14(15)17/h3-8H,9,17H2,1-2H3. The third-order valence-corrected chi connectivity index (χ3v) is 4.28. The Morgan fingerprint density at radius 1 is 1.21 bits per heavy atom. The summed E-state index contributed by atoms with van der Waals surface area (Å²) in [5, 5.41) is 0.800. The summed E-state index contributed by atoms with van der Waals surface area (Å²) in [4.78, 5) is 1.01. The summed E-state index contributed by atoms with van der Waals surface area (Å²) in [6.45, 7) is 2.03. The molecule has 0 heterocycles. The molecule has 2 N–H and O–H groups in total. The van der Waals surface area contributed by atoms with Gasteiger partial charge in [0.1, 0.15) is 5.75 Å². The van der Waals surface area contributed by atoms with Gasteiger partial charge in [-0.25, -0.2) is 0 Å². The molecule has 100 valence electrons. The third-order valence-electron chi connectivity index (χ3n) is 2.81. The summed E-state index contributed by atoms with van der Waals surface area (Å²) in [7, 11) is 1.65. The Morgan fingerprint density at radius 3 is 2.68 bits per heavy atom. The van der Waals surface area contributed by atoms with Gasteiger partial charge in [0.15, 0.2) is 0 Å². The number of nitrogens with two attached hydrogens (primary N) is 1. The van der Waals surface area contributed by atoms with Crippen LogP contribution in [0.2, 0.25) is 5.02 Å². The first-order chi connectivity index (χ1) is 9.10. The zero-order chi connectivity index (χ0) is 13.8. The Morgan fingerprint density at radius 2 is 2.00 bits per heavy atom. The fourth-order valence-electron chi connectivity index (χ4n) is 1.69. The normalized spacial score (nSPS) is 10.5. The second-order valence-electron chi connectivity index (χ2n) is 4.29. The third kappa shape index (κ3) is 3.58. The molecule has 0 amide bonds. The second kappa shape index (κ2) is 6.22. The van der Waals surface area contributed by atoms with Crippen LogP contribution in [0.25, 0.3) is 0 Å². The number of ether oxygens (including phenoxy) is 1. The van der Waals surface area contributed by atoms with Gasteiger partial charge < -0.3 is 10.5 Å². The second-order valence-corrected chi connectivity index (χ2v) is 5.71. The number of anilines is 1. The van der Waals surface area contributed by atoms with E-state index in [-0.39, 0.29) is 0 Å². The molecule has 2 rings (SSSR count). The zero-order valence-electron chi connectivity index (χ0n) is 10.9. The number of aryl methyl sites for hydroxylation is 1. The predicted molar refractivity (Wildman–Crippen MR) is 83.2 cm³/mol. The molecule has 0 unspecified atom stereocenters. The minimum atomic E-state index is 0.758. The number of rotatable bonds is 4. The maximum Gasteiger partial charge on any atom is 0.120 e. The Balaban J connectivity index is 2.14. The monoisotopic (exact) mass is 293 g/mol. The van der Waals surface area contributed by atoms with E-state index >= 15 is 0 Å². The van der Waals surface area contributed by atoms with Crippen molar-refractivity contribution in [3.63, 3.8) is 0 Å². The van der Waals surface area contributed by atoms with Crippen molar-refractivity contribution in [1.29, 1.82) is 0 Å². The van der Waals surface area contributed by atoms with Crippen LogP contribution in [0.3, 0.4) is 0 Å². The first-order valence-corrected chi connectivity index (χ1v) is 7.28. The van der Waals surface area contributed by atoms with Crippen molar-refractivity contribution in [3.8, 4) is 5.75 Å². The van der Waals surface area contributed by atoms with Crippen LogP contribution < -0.4 is 10.5 Å². The van der Waals surface area contributed by atoms with Crippen molar-refractivity contribution in [1.82, 2.24) is 0 Å². The molecule has 4 heteroatoms. The molecular weight excluding hydrogens is 278 g/mol. The molecule has 0 atom stereocenters. The molecule has 2 aromatic carbocycles. The molecule has 0 aliphatic carbocycles. The largest absolute Gasteiger partial charge is 0.497 e. The smallest absolute Gasteiger partial charge is 0.120 e. The number of methoxy groups -OCH3 is 1. The van der Waals surface area contributed by atoms with Crippen molar-refractivity contribution in [2.75, 3.05) is 12.8 Å². The van der Waals surface area contributed by atoms with E-state index in [0.29, 0.717) is 0 Å². The van der Waals surface area contributed by atoms with E-state index in [1.165, 1.54) is 5.56 Å². The number of hydrogen-bond acceptors (Lipinski definition) is 3.